The van der Waals surface area contributed by atoms with Crippen molar-refractivity contribution < 1.29 is 23.8 Å². The quantitative estimate of drug-likeness (QED) is 0.665. The highest BCUT2D eigenvalue weighted by Gasteiger charge is 2.12. The summed E-state index contributed by atoms with van der Waals surface area (Å²) in [5, 5.41) is 2.80. The highest BCUT2D eigenvalue weighted by molar-refractivity contribution is 6.04. The molecule has 0 aliphatic rings. The molecule has 6 heteroatoms. The maximum Gasteiger partial charge on any atom is 0.338 e. The van der Waals surface area contributed by atoms with Gasteiger partial charge in [-0.25, -0.2) is 4.79 Å². The maximum atomic E-state index is 12.5. The van der Waals surface area contributed by atoms with Gasteiger partial charge in [0.25, 0.3) is 5.91 Å². The third kappa shape index (κ3) is 5.74. The number of hydrogen-bond acceptors (Lipinski definition) is 5. The molecule has 2 rings (SSSR count). The standard InChI is InChI=1S/C21H25NO5/c1-4-13-27-21(24)15-7-10-17(11-8-15)22-20(23)16-9-12-18(25-5-2)19(14-16)26-6-3/h7-12,14H,4-6,13H2,1-3H3,(H,22,23). The molecule has 0 atom stereocenters. The number of esters is 1. The molecule has 0 saturated carbocycles. The van der Waals surface area contributed by atoms with Crippen molar-refractivity contribution in [3.8, 4) is 11.5 Å². The van der Waals surface area contributed by atoms with E-state index in [2.05, 4.69) is 5.32 Å². The summed E-state index contributed by atoms with van der Waals surface area (Å²) in [6, 6.07) is 11.6. The Morgan fingerprint density at radius 1 is 0.852 bits per heavy atom. The first kappa shape index (κ1) is 20.3. The first-order chi connectivity index (χ1) is 13.1. The Morgan fingerprint density at radius 3 is 2.11 bits per heavy atom. The predicted molar refractivity (Wildman–Crippen MR) is 104 cm³/mol. The Labute approximate surface area is 159 Å². The molecule has 0 bridgehead atoms. The van der Waals surface area contributed by atoms with E-state index in [-0.39, 0.29) is 11.9 Å². The van der Waals surface area contributed by atoms with Crippen LogP contribution in [0.4, 0.5) is 5.69 Å². The van der Waals surface area contributed by atoms with E-state index in [9.17, 15) is 9.59 Å². The molecule has 0 aromatic heterocycles. The minimum atomic E-state index is -0.373. The van der Waals surface area contributed by atoms with E-state index in [0.29, 0.717) is 48.1 Å². The summed E-state index contributed by atoms with van der Waals surface area (Å²) in [6.07, 6.45) is 0.770. The summed E-state index contributed by atoms with van der Waals surface area (Å²) in [5.41, 5.74) is 1.48. The molecule has 0 aliphatic heterocycles. The molecule has 2 aromatic carbocycles. The molecule has 1 N–H and O–H groups in total. The van der Waals surface area contributed by atoms with Gasteiger partial charge in [-0.05, 0) is 62.7 Å². The molecule has 0 saturated heterocycles. The fraction of sp³-hybridized carbons (Fsp3) is 0.333. The van der Waals surface area contributed by atoms with E-state index < -0.39 is 0 Å². The van der Waals surface area contributed by atoms with Gasteiger partial charge in [-0.2, -0.15) is 0 Å². The minimum absolute atomic E-state index is 0.277. The summed E-state index contributed by atoms with van der Waals surface area (Å²) >= 11 is 0. The molecule has 144 valence electrons. The molecule has 0 fully saturated rings. The van der Waals surface area contributed by atoms with Crippen molar-refractivity contribution in [2.75, 3.05) is 25.1 Å². The predicted octanol–water partition coefficient (Wildman–Crippen LogP) is 4.30. The lowest BCUT2D eigenvalue weighted by Gasteiger charge is -2.12. The smallest absolute Gasteiger partial charge is 0.338 e. The van der Waals surface area contributed by atoms with Crippen LogP contribution in [0.3, 0.4) is 0 Å². The van der Waals surface area contributed by atoms with E-state index >= 15 is 0 Å². The average molecular weight is 371 g/mol. The van der Waals surface area contributed by atoms with Gasteiger partial charge in [0.1, 0.15) is 0 Å². The van der Waals surface area contributed by atoms with Crippen LogP contribution in [0.2, 0.25) is 0 Å². The second kappa shape index (κ2) is 10.2. The number of anilines is 1. The molecule has 0 spiro atoms. The number of ether oxygens (including phenoxy) is 3. The van der Waals surface area contributed by atoms with Crippen LogP contribution in [0.1, 0.15) is 47.9 Å². The normalized spacial score (nSPS) is 10.2. The second-order valence-electron chi connectivity index (χ2n) is 5.69. The van der Waals surface area contributed by atoms with Crippen LogP contribution in [-0.4, -0.2) is 31.7 Å². The lowest BCUT2D eigenvalue weighted by molar-refractivity contribution is 0.0505. The highest BCUT2D eigenvalue weighted by atomic mass is 16.5. The van der Waals surface area contributed by atoms with Crippen molar-refractivity contribution in [2.24, 2.45) is 0 Å². The molecule has 0 heterocycles. The Hall–Kier alpha value is -3.02. The van der Waals surface area contributed by atoms with E-state index in [4.69, 9.17) is 14.2 Å². The zero-order valence-electron chi connectivity index (χ0n) is 15.9. The SMILES string of the molecule is CCCOC(=O)c1ccc(NC(=O)c2ccc(OCC)c(OCC)c2)cc1. The van der Waals surface area contributed by atoms with Gasteiger partial charge >= 0.3 is 5.97 Å². The Kier molecular flexibility index (Phi) is 7.67. The van der Waals surface area contributed by atoms with Crippen molar-refractivity contribution in [1.82, 2.24) is 0 Å². The number of rotatable bonds is 9. The van der Waals surface area contributed by atoms with Crippen LogP contribution in [-0.2, 0) is 4.74 Å². The number of carbonyl (C=O) groups excluding carboxylic acids is 2. The molecule has 0 unspecified atom stereocenters. The van der Waals surface area contributed by atoms with Gasteiger partial charge in [-0.3, -0.25) is 4.79 Å². The largest absolute Gasteiger partial charge is 0.490 e. The molecule has 27 heavy (non-hydrogen) atoms. The Balaban J connectivity index is 2.08. The zero-order chi connectivity index (χ0) is 19.6. The van der Waals surface area contributed by atoms with Crippen LogP contribution in [0.5, 0.6) is 11.5 Å². The van der Waals surface area contributed by atoms with E-state index in [0.717, 1.165) is 6.42 Å². The molecule has 0 aliphatic carbocycles. The minimum Gasteiger partial charge on any atom is -0.490 e. The van der Waals surface area contributed by atoms with Crippen LogP contribution in [0, 0.1) is 0 Å². The fourth-order valence-electron chi connectivity index (χ4n) is 2.36. The lowest BCUT2D eigenvalue weighted by Crippen LogP contribution is -2.13. The summed E-state index contributed by atoms with van der Waals surface area (Å²) < 4.78 is 16.1. The Morgan fingerprint density at radius 2 is 1.48 bits per heavy atom. The average Bonchev–Trinajstić information content (AvgIpc) is 2.68. The molecular formula is C21H25NO5. The molecular weight excluding hydrogens is 346 g/mol. The van der Waals surface area contributed by atoms with Gasteiger partial charge in [-0.1, -0.05) is 6.92 Å². The molecule has 6 nitrogen and oxygen atoms in total. The van der Waals surface area contributed by atoms with Gasteiger partial charge in [-0.15, -0.1) is 0 Å². The number of hydrogen-bond donors (Lipinski definition) is 1. The number of amides is 1. The van der Waals surface area contributed by atoms with Gasteiger partial charge in [0.15, 0.2) is 11.5 Å². The molecule has 1 amide bonds. The Bertz CT molecular complexity index is 771. The van der Waals surface area contributed by atoms with Gasteiger partial charge < -0.3 is 19.5 Å². The summed E-state index contributed by atoms with van der Waals surface area (Å²) in [7, 11) is 0. The van der Waals surface area contributed by atoms with Gasteiger partial charge in [0, 0.05) is 11.3 Å². The summed E-state index contributed by atoms with van der Waals surface area (Å²) in [5.74, 6) is 0.481. The van der Waals surface area contributed by atoms with Gasteiger partial charge in [0.2, 0.25) is 0 Å². The van der Waals surface area contributed by atoms with E-state index in [1.807, 2.05) is 20.8 Å². The van der Waals surface area contributed by atoms with E-state index in [1.165, 1.54) is 0 Å². The third-order valence-electron chi connectivity index (χ3n) is 3.62. The van der Waals surface area contributed by atoms with Crippen LogP contribution < -0.4 is 14.8 Å². The van der Waals surface area contributed by atoms with Crippen molar-refractivity contribution in [1.29, 1.82) is 0 Å². The van der Waals surface area contributed by atoms with Gasteiger partial charge in [0.05, 0.1) is 25.4 Å². The van der Waals surface area contributed by atoms with Crippen molar-refractivity contribution >= 4 is 17.6 Å². The van der Waals surface area contributed by atoms with Crippen molar-refractivity contribution in [3.05, 3.63) is 53.6 Å². The second-order valence-corrected chi connectivity index (χ2v) is 5.69. The lowest BCUT2D eigenvalue weighted by atomic mass is 10.1. The maximum absolute atomic E-state index is 12.5. The van der Waals surface area contributed by atoms with Crippen LogP contribution >= 0.6 is 0 Å². The van der Waals surface area contributed by atoms with Crippen LogP contribution in [0.25, 0.3) is 0 Å². The van der Waals surface area contributed by atoms with Crippen LogP contribution in [0.15, 0.2) is 42.5 Å². The van der Waals surface area contributed by atoms with E-state index in [1.54, 1.807) is 42.5 Å². The number of carbonyl (C=O) groups is 2. The first-order valence-corrected chi connectivity index (χ1v) is 9.07. The third-order valence-corrected chi connectivity index (χ3v) is 3.62. The van der Waals surface area contributed by atoms with Crippen molar-refractivity contribution in [3.63, 3.8) is 0 Å². The number of nitrogens with one attached hydrogen (secondary N) is 1. The number of benzene rings is 2. The van der Waals surface area contributed by atoms with Crippen molar-refractivity contribution in [2.45, 2.75) is 27.2 Å². The topological polar surface area (TPSA) is 73.9 Å². The first-order valence-electron chi connectivity index (χ1n) is 9.07. The zero-order valence-corrected chi connectivity index (χ0v) is 15.9. The highest BCUT2D eigenvalue weighted by Crippen LogP contribution is 2.29. The monoisotopic (exact) mass is 371 g/mol. The summed E-state index contributed by atoms with van der Waals surface area (Å²) in [6.45, 7) is 7.06. The molecule has 2 aromatic rings. The summed E-state index contributed by atoms with van der Waals surface area (Å²) in [4.78, 5) is 24.3. The fourth-order valence-corrected chi connectivity index (χ4v) is 2.36. The molecule has 0 radical (unpaired) electrons.